The van der Waals surface area contributed by atoms with E-state index in [2.05, 4.69) is 10.2 Å². The van der Waals surface area contributed by atoms with Crippen LogP contribution in [-0.2, 0) is 0 Å². The minimum Gasteiger partial charge on any atom is -0.197 e. The van der Waals surface area contributed by atoms with Crippen molar-refractivity contribution >= 4 is 34.7 Å². The minimum absolute atomic E-state index is 0.264. The van der Waals surface area contributed by atoms with Gasteiger partial charge in [0.05, 0.1) is 0 Å². The van der Waals surface area contributed by atoms with Crippen LogP contribution < -0.4 is 0 Å². The predicted molar refractivity (Wildman–Crippen MR) is 62.2 cm³/mol. The lowest BCUT2D eigenvalue weighted by Gasteiger charge is -1.94. The lowest BCUT2D eigenvalue weighted by atomic mass is 10.2. The summed E-state index contributed by atoms with van der Waals surface area (Å²) in [5, 5.41) is 8.75. The van der Waals surface area contributed by atoms with Gasteiger partial charge in [0.1, 0.15) is 5.01 Å². The van der Waals surface area contributed by atoms with E-state index in [1.165, 1.54) is 0 Å². The van der Waals surface area contributed by atoms with Crippen molar-refractivity contribution in [2.45, 2.75) is 10.1 Å². The first-order valence-electron chi connectivity index (χ1n) is 4.19. The number of benzene rings is 1. The van der Waals surface area contributed by atoms with E-state index in [1.807, 2.05) is 0 Å². The first-order chi connectivity index (χ1) is 7.65. The second-order valence-corrected chi connectivity index (χ2v) is 5.41. The topological polar surface area (TPSA) is 25.8 Å². The molecule has 0 N–H and O–H groups in total. The van der Waals surface area contributed by atoms with Gasteiger partial charge in [-0.1, -0.05) is 35.1 Å². The van der Waals surface area contributed by atoms with E-state index in [1.54, 1.807) is 24.3 Å². The number of thioether (sulfide) groups is 1. The number of rotatable bonds is 3. The summed E-state index contributed by atoms with van der Waals surface area (Å²) >= 11 is 7.28. The first kappa shape index (κ1) is 11.8. The van der Waals surface area contributed by atoms with Gasteiger partial charge in [-0.3, -0.25) is 0 Å². The van der Waals surface area contributed by atoms with E-state index in [-0.39, 0.29) is 4.34 Å². The van der Waals surface area contributed by atoms with Crippen molar-refractivity contribution in [3.05, 3.63) is 29.3 Å². The van der Waals surface area contributed by atoms with Gasteiger partial charge in [0, 0.05) is 10.6 Å². The molecule has 0 amide bonds. The summed E-state index contributed by atoms with van der Waals surface area (Å²) in [6, 6.07) is 7.00. The van der Waals surface area contributed by atoms with Crippen LogP contribution in [0.3, 0.4) is 0 Å². The number of nitrogens with zero attached hydrogens (tertiary/aromatic N) is 2. The van der Waals surface area contributed by atoms with E-state index in [0.29, 0.717) is 21.8 Å². The summed E-state index contributed by atoms with van der Waals surface area (Å²) < 4.78 is 24.4. The number of hydrogen-bond donors (Lipinski definition) is 0. The monoisotopic (exact) mass is 278 g/mol. The van der Waals surface area contributed by atoms with E-state index in [4.69, 9.17) is 11.6 Å². The van der Waals surface area contributed by atoms with Gasteiger partial charge in [-0.25, -0.2) is 0 Å². The van der Waals surface area contributed by atoms with Gasteiger partial charge in [0.15, 0.2) is 4.34 Å². The summed E-state index contributed by atoms with van der Waals surface area (Å²) in [6.45, 7) is 0. The fraction of sp³-hybridized carbons (Fsp3) is 0.111. The Hall–Kier alpha value is -0.720. The fourth-order valence-electron chi connectivity index (χ4n) is 1.04. The maximum absolute atomic E-state index is 12.1. The van der Waals surface area contributed by atoms with Gasteiger partial charge in [-0.2, -0.15) is 8.78 Å². The Morgan fingerprint density at radius 3 is 2.50 bits per heavy atom. The van der Waals surface area contributed by atoms with Crippen molar-refractivity contribution < 1.29 is 8.78 Å². The third kappa shape index (κ3) is 2.90. The Morgan fingerprint density at radius 1 is 1.19 bits per heavy atom. The molecule has 0 aliphatic rings. The van der Waals surface area contributed by atoms with Crippen LogP contribution in [0.25, 0.3) is 10.6 Å². The molecule has 1 aromatic heterocycles. The van der Waals surface area contributed by atoms with Crippen molar-refractivity contribution in [2.75, 3.05) is 0 Å². The quantitative estimate of drug-likeness (QED) is 0.788. The Labute approximate surface area is 104 Å². The maximum atomic E-state index is 12.1. The van der Waals surface area contributed by atoms with Crippen molar-refractivity contribution in [1.29, 1.82) is 0 Å². The van der Waals surface area contributed by atoms with Gasteiger partial charge in [0.2, 0.25) is 0 Å². The molecule has 0 atom stereocenters. The second kappa shape index (κ2) is 5.07. The predicted octanol–water partition coefficient (Wildman–Crippen LogP) is 4.17. The highest BCUT2D eigenvalue weighted by atomic mass is 35.5. The Kier molecular flexibility index (Phi) is 3.73. The standard InChI is InChI=1S/C9H5ClF2N2S2/c10-6-3-1-5(2-4-6)7-13-14-9(15-7)16-8(11)12/h1-4,8H. The molecule has 1 aromatic carbocycles. The largest absolute Gasteiger partial charge is 0.291 e. The normalized spacial score (nSPS) is 11.0. The summed E-state index contributed by atoms with van der Waals surface area (Å²) in [5.41, 5.74) is 0.822. The SMILES string of the molecule is FC(F)Sc1nnc(-c2ccc(Cl)cc2)s1. The molecular formula is C9H5ClF2N2S2. The molecule has 0 bridgehead atoms. The zero-order valence-electron chi connectivity index (χ0n) is 7.73. The lowest BCUT2D eigenvalue weighted by Crippen LogP contribution is -1.79. The van der Waals surface area contributed by atoms with Crippen LogP contribution >= 0.6 is 34.7 Å². The Morgan fingerprint density at radius 2 is 1.88 bits per heavy atom. The molecular weight excluding hydrogens is 274 g/mol. The lowest BCUT2D eigenvalue weighted by molar-refractivity contribution is 0.252. The molecule has 0 radical (unpaired) electrons. The zero-order valence-corrected chi connectivity index (χ0v) is 10.1. The molecule has 0 saturated carbocycles. The zero-order chi connectivity index (χ0) is 11.5. The van der Waals surface area contributed by atoms with Crippen LogP contribution in [-0.4, -0.2) is 16.0 Å². The van der Waals surface area contributed by atoms with E-state index in [9.17, 15) is 8.78 Å². The highest BCUT2D eigenvalue weighted by Crippen LogP contribution is 2.32. The fourth-order valence-corrected chi connectivity index (χ4v) is 2.64. The number of hydrogen-bond acceptors (Lipinski definition) is 4. The highest BCUT2D eigenvalue weighted by Gasteiger charge is 2.11. The molecule has 0 unspecified atom stereocenters. The molecule has 0 spiro atoms. The summed E-state index contributed by atoms with van der Waals surface area (Å²) in [4.78, 5) is 0. The van der Waals surface area contributed by atoms with Gasteiger partial charge < -0.3 is 0 Å². The van der Waals surface area contributed by atoms with Gasteiger partial charge >= 0.3 is 0 Å². The highest BCUT2D eigenvalue weighted by molar-refractivity contribution is 8.01. The molecule has 84 valence electrons. The summed E-state index contributed by atoms with van der Waals surface area (Å²) in [6.07, 6.45) is 0. The van der Waals surface area contributed by atoms with Gasteiger partial charge in [0.25, 0.3) is 5.76 Å². The van der Waals surface area contributed by atoms with Crippen molar-refractivity contribution in [3.8, 4) is 10.6 Å². The van der Waals surface area contributed by atoms with Gasteiger partial charge in [-0.15, -0.1) is 10.2 Å². The molecule has 7 heteroatoms. The summed E-state index contributed by atoms with van der Waals surface area (Å²) in [5.74, 6) is -2.47. The van der Waals surface area contributed by atoms with Crippen molar-refractivity contribution in [1.82, 2.24) is 10.2 Å². The Balaban J connectivity index is 2.21. The van der Waals surface area contributed by atoms with Crippen LogP contribution in [0.15, 0.2) is 28.6 Å². The number of alkyl halides is 2. The third-order valence-corrected chi connectivity index (χ3v) is 3.71. The smallest absolute Gasteiger partial charge is 0.197 e. The molecule has 0 aliphatic heterocycles. The van der Waals surface area contributed by atoms with Crippen LogP contribution in [0.4, 0.5) is 8.78 Å². The molecule has 1 heterocycles. The minimum atomic E-state index is -2.47. The number of halogens is 3. The average molecular weight is 279 g/mol. The molecule has 2 aromatic rings. The molecule has 16 heavy (non-hydrogen) atoms. The molecule has 2 rings (SSSR count). The third-order valence-electron chi connectivity index (χ3n) is 1.69. The molecule has 0 fully saturated rings. The first-order valence-corrected chi connectivity index (χ1v) is 6.27. The molecule has 0 saturated heterocycles. The molecule has 0 aliphatic carbocycles. The Bertz CT molecular complexity index is 473. The second-order valence-electron chi connectivity index (χ2n) is 2.76. The van der Waals surface area contributed by atoms with Crippen LogP contribution in [0.1, 0.15) is 0 Å². The molecule has 2 nitrogen and oxygen atoms in total. The van der Waals surface area contributed by atoms with Crippen LogP contribution in [0.5, 0.6) is 0 Å². The van der Waals surface area contributed by atoms with Crippen molar-refractivity contribution in [3.63, 3.8) is 0 Å². The van der Waals surface area contributed by atoms with E-state index >= 15 is 0 Å². The number of aromatic nitrogens is 2. The van der Waals surface area contributed by atoms with Crippen LogP contribution in [0, 0.1) is 0 Å². The average Bonchev–Trinajstić information content (AvgIpc) is 2.66. The van der Waals surface area contributed by atoms with E-state index in [0.717, 1.165) is 16.9 Å². The van der Waals surface area contributed by atoms with Crippen LogP contribution in [0.2, 0.25) is 5.02 Å². The maximum Gasteiger partial charge on any atom is 0.291 e. The summed E-state index contributed by atoms with van der Waals surface area (Å²) in [7, 11) is 0. The van der Waals surface area contributed by atoms with E-state index < -0.39 is 5.76 Å². The van der Waals surface area contributed by atoms with Gasteiger partial charge in [-0.05, 0) is 23.9 Å². The van der Waals surface area contributed by atoms with Crippen molar-refractivity contribution in [2.24, 2.45) is 0 Å².